The highest BCUT2D eigenvalue weighted by atomic mass is 15.2. The van der Waals surface area contributed by atoms with Gasteiger partial charge >= 0.3 is 0 Å². The van der Waals surface area contributed by atoms with E-state index in [0.29, 0.717) is 0 Å². The molecule has 1 N–H and O–H groups in total. The Morgan fingerprint density at radius 1 is 1.10 bits per heavy atom. The van der Waals surface area contributed by atoms with Gasteiger partial charge in [-0.25, -0.2) is 4.98 Å². The summed E-state index contributed by atoms with van der Waals surface area (Å²) in [6.07, 6.45) is 16.2. The molecule has 4 rings (SSSR count). The zero-order valence-electron chi connectivity index (χ0n) is 12.9. The van der Waals surface area contributed by atoms with E-state index in [2.05, 4.69) is 33.2 Å². The highest BCUT2D eigenvalue weighted by Gasteiger charge is 2.32. The Morgan fingerprint density at radius 2 is 1.81 bits per heavy atom. The largest absolute Gasteiger partial charge is 0.345 e. The molecule has 3 nitrogen and oxygen atoms in total. The van der Waals surface area contributed by atoms with Crippen LogP contribution in [-0.2, 0) is 13.0 Å². The van der Waals surface area contributed by atoms with Crippen LogP contribution < -0.4 is 0 Å². The topological polar surface area (TPSA) is 31.9 Å². The first kappa shape index (κ1) is 13.6. The van der Waals surface area contributed by atoms with Crippen LogP contribution in [-0.4, -0.2) is 28.0 Å². The van der Waals surface area contributed by atoms with Crippen molar-refractivity contribution >= 4 is 0 Å². The molecule has 0 amide bonds. The second-order valence-corrected chi connectivity index (χ2v) is 7.37. The molecule has 2 aliphatic carbocycles. The van der Waals surface area contributed by atoms with Crippen LogP contribution in [0.1, 0.15) is 50.0 Å². The fraction of sp³-hybridized carbons (Fsp3) is 0.722. The molecule has 0 bridgehead atoms. The van der Waals surface area contributed by atoms with Gasteiger partial charge in [0.2, 0.25) is 0 Å². The van der Waals surface area contributed by atoms with E-state index in [1.54, 1.807) is 0 Å². The summed E-state index contributed by atoms with van der Waals surface area (Å²) < 4.78 is 0. The third-order valence-corrected chi connectivity index (χ3v) is 5.73. The normalized spacial score (nSPS) is 30.1. The van der Waals surface area contributed by atoms with Crippen LogP contribution in [0.2, 0.25) is 0 Å². The minimum atomic E-state index is 0.879. The third-order valence-electron chi connectivity index (χ3n) is 5.73. The third kappa shape index (κ3) is 3.08. The van der Waals surface area contributed by atoms with E-state index in [9.17, 15) is 0 Å². The number of hydrogen-bond acceptors (Lipinski definition) is 2. The van der Waals surface area contributed by atoms with Crippen LogP contribution in [0.15, 0.2) is 18.3 Å². The summed E-state index contributed by atoms with van der Waals surface area (Å²) in [5, 5.41) is 0. The van der Waals surface area contributed by atoms with Crippen molar-refractivity contribution in [3.63, 3.8) is 0 Å². The van der Waals surface area contributed by atoms with Gasteiger partial charge < -0.3 is 4.98 Å². The fourth-order valence-corrected chi connectivity index (χ4v) is 4.56. The van der Waals surface area contributed by atoms with Crippen LogP contribution in [0.3, 0.4) is 0 Å². The lowest BCUT2D eigenvalue weighted by Gasteiger charge is -2.18. The monoisotopic (exact) mass is 285 g/mol. The average Bonchev–Trinajstić information content (AvgIpc) is 3.20. The molecule has 1 aliphatic heterocycles. The van der Waals surface area contributed by atoms with Crippen molar-refractivity contribution in [2.45, 2.75) is 51.5 Å². The summed E-state index contributed by atoms with van der Waals surface area (Å²) >= 11 is 0. The Hall–Kier alpha value is -1.09. The Morgan fingerprint density at radius 3 is 2.52 bits per heavy atom. The lowest BCUT2D eigenvalue weighted by atomic mass is 9.86. The number of nitrogens with zero attached hydrogens (tertiary/aromatic N) is 2. The molecular weight excluding hydrogens is 258 g/mol. The summed E-state index contributed by atoms with van der Waals surface area (Å²) in [5.74, 6) is 3.90. The molecule has 2 heterocycles. The maximum Gasteiger partial charge on any atom is 0.106 e. The van der Waals surface area contributed by atoms with Crippen LogP contribution in [0, 0.1) is 17.8 Å². The predicted octanol–water partition coefficient (Wildman–Crippen LogP) is 3.54. The molecule has 2 atom stereocenters. The van der Waals surface area contributed by atoms with Gasteiger partial charge in [-0.3, -0.25) is 4.90 Å². The van der Waals surface area contributed by atoms with Crippen LogP contribution in [0.4, 0.5) is 0 Å². The van der Waals surface area contributed by atoms with Gasteiger partial charge in [-0.05, 0) is 30.6 Å². The molecule has 1 saturated heterocycles. The van der Waals surface area contributed by atoms with E-state index in [1.165, 1.54) is 63.1 Å². The van der Waals surface area contributed by atoms with Crippen molar-refractivity contribution in [1.29, 1.82) is 0 Å². The minimum absolute atomic E-state index is 0.879. The second kappa shape index (κ2) is 5.96. The molecule has 21 heavy (non-hydrogen) atoms. The second-order valence-electron chi connectivity index (χ2n) is 7.37. The van der Waals surface area contributed by atoms with Crippen LogP contribution in [0.25, 0.3) is 0 Å². The number of likely N-dealkylation sites (tertiary alicyclic amines) is 1. The number of rotatable bonds is 4. The summed E-state index contributed by atoms with van der Waals surface area (Å²) in [4.78, 5) is 10.8. The molecule has 1 aromatic rings. The van der Waals surface area contributed by atoms with Crippen molar-refractivity contribution in [1.82, 2.24) is 14.9 Å². The molecule has 2 fully saturated rings. The molecular formula is C18H27N3. The van der Waals surface area contributed by atoms with Crippen molar-refractivity contribution in [2.24, 2.45) is 17.8 Å². The first-order valence-electron chi connectivity index (χ1n) is 8.77. The van der Waals surface area contributed by atoms with E-state index >= 15 is 0 Å². The lowest BCUT2D eigenvalue weighted by Crippen LogP contribution is -2.20. The van der Waals surface area contributed by atoms with Crippen molar-refractivity contribution in [3.8, 4) is 0 Å². The molecule has 1 aromatic heterocycles. The Kier molecular flexibility index (Phi) is 3.85. The van der Waals surface area contributed by atoms with Gasteiger partial charge in [0.15, 0.2) is 0 Å². The zero-order valence-corrected chi connectivity index (χ0v) is 12.9. The van der Waals surface area contributed by atoms with Gasteiger partial charge in [-0.15, -0.1) is 0 Å². The summed E-state index contributed by atoms with van der Waals surface area (Å²) in [6.45, 7) is 3.60. The van der Waals surface area contributed by atoms with Crippen molar-refractivity contribution in [3.05, 3.63) is 29.9 Å². The number of H-pyrrole nitrogens is 1. The molecule has 0 unspecified atom stereocenters. The van der Waals surface area contributed by atoms with Gasteiger partial charge in [0.05, 0.1) is 0 Å². The molecule has 3 aliphatic rings. The van der Waals surface area contributed by atoms with Gasteiger partial charge in [-0.1, -0.05) is 37.8 Å². The van der Waals surface area contributed by atoms with Gasteiger partial charge in [0.25, 0.3) is 0 Å². The average molecular weight is 285 g/mol. The predicted molar refractivity (Wildman–Crippen MR) is 84.9 cm³/mol. The van der Waals surface area contributed by atoms with Gasteiger partial charge in [0.1, 0.15) is 5.82 Å². The lowest BCUT2D eigenvalue weighted by molar-refractivity contribution is 0.310. The van der Waals surface area contributed by atoms with Gasteiger partial charge in [0, 0.05) is 37.9 Å². The van der Waals surface area contributed by atoms with E-state index in [0.717, 1.165) is 30.7 Å². The number of aromatic amines is 1. The SMILES string of the molecule is C1=CC[C@H]2CN(Cc3cnc(CC4CCCC4)[nH]3)C[C@H]2C1. The number of aromatic nitrogens is 2. The Labute approximate surface area is 127 Å². The fourth-order valence-electron chi connectivity index (χ4n) is 4.56. The number of allylic oxidation sites excluding steroid dienone is 2. The van der Waals surface area contributed by atoms with Crippen molar-refractivity contribution < 1.29 is 0 Å². The molecule has 0 aromatic carbocycles. The summed E-state index contributed by atoms with van der Waals surface area (Å²) in [6, 6.07) is 0. The van der Waals surface area contributed by atoms with Crippen LogP contribution in [0.5, 0.6) is 0 Å². The molecule has 3 heteroatoms. The quantitative estimate of drug-likeness (QED) is 0.858. The first-order chi connectivity index (χ1) is 10.4. The maximum atomic E-state index is 4.62. The van der Waals surface area contributed by atoms with Gasteiger partial charge in [-0.2, -0.15) is 0 Å². The highest BCUT2D eigenvalue weighted by Crippen LogP contribution is 2.33. The van der Waals surface area contributed by atoms with E-state index in [1.807, 2.05) is 0 Å². The van der Waals surface area contributed by atoms with E-state index in [4.69, 9.17) is 0 Å². The number of hydrogen-bond donors (Lipinski definition) is 1. The molecule has 0 spiro atoms. The number of imidazole rings is 1. The Balaban J connectivity index is 1.32. The zero-order chi connectivity index (χ0) is 14.1. The Bertz CT molecular complexity index is 482. The molecule has 114 valence electrons. The minimum Gasteiger partial charge on any atom is -0.345 e. The van der Waals surface area contributed by atoms with Crippen LogP contribution >= 0.6 is 0 Å². The standard InChI is InChI=1S/C18H27N3/c1-2-6-14(5-1)9-18-19-10-17(20-18)13-21-11-15-7-3-4-8-16(15)12-21/h3-4,10,14-16H,1-2,5-9,11-13H2,(H,19,20)/t15-,16+. The smallest absolute Gasteiger partial charge is 0.106 e. The van der Waals surface area contributed by atoms with E-state index in [-0.39, 0.29) is 0 Å². The molecule has 0 radical (unpaired) electrons. The molecule has 1 saturated carbocycles. The number of nitrogens with one attached hydrogen (secondary N) is 1. The summed E-state index contributed by atoms with van der Waals surface area (Å²) in [7, 11) is 0. The summed E-state index contributed by atoms with van der Waals surface area (Å²) in [5.41, 5.74) is 1.31. The maximum absolute atomic E-state index is 4.62. The van der Waals surface area contributed by atoms with E-state index < -0.39 is 0 Å². The first-order valence-corrected chi connectivity index (χ1v) is 8.77. The number of fused-ring (bicyclic) bond motifs is 1. The van der Waals surface area contributed by atoms with Crippen molar-refractivity contribution in [2.75, 3.05) is 13.1 Å². The highest BCUT2D eigenvalue weighted by molar-refractivity contribution is 5.05.